The lowest BCUT2D eigenvalue weighted by Gasteiger charge is -2.12. The molecule has 0 spiro atoms. The Bertz CT molecular complexity index is 599. The Kier molecular flexibility index (Phi) is 10.0. The molecule has 1 unspecified atom stereocenters. The summed E-state index contributed by atoms with van der Waals surface area (Å²) in [6, 6.07) is 6.99. The highest BCUT2D eigenvalue weighted by atomic mass is 16.6. The van der Waals surface area contributed by atoms with Gasteiger partial charge in [-0.05, 0) is 32.4 Å². The van der Waals surface area contributed by atoms with Gasteiger partial charge in [0, 0.05) is 0 Å². The van der Waals surface area contributed by atoms with Crippen molar-refractivity contribution in [2.24, 2.45) is 0 Å². The molecule has 3 heteroatoms. The molecule has 0 aliphatic rings. The molecule has 0 saturated carbocycles. The Morgan fingerprint density at radius 2 is 1.77 bits per heavy atom. The molecule has 0 aliphatic heterocycles. The van der Waals surface area contributed by atoms with Gasteiger partial charge in [-0.3, -0.25) is 4.79 Å². The molecule has 124 valence electrons. The second-order valence-corrected chi connectivity index (χ2v) is 4.65. The molecule has 1 atom stereocenters. The summed E-state index contributed by atoms with van der Waals surface area (Å²) in [4.78, 5) is 12.0. The Labute approximate surface area is 134 Å². The Morgan fingerprint density at radius 3 is 2.36 bits per heavy atom. The van der Waals surface area contributed by atoms with E-state index in [1.54, 1.807) is 0 Å². The van der Waals surface area contributed by atoms with E-state index < -0.39 is 0 Å². The van der Waals surface area contributed by atoms with Crippen LogP contribution in [-0.4, -0.2) is 6.10 Å². The molecule has 2 rings (SSSR count). The quantitative estimate of drug-likeness (QED) is 0.725. The van der Waals surface area contributed by atoms with Crippen LogP contribution in [0.25, 0.3) is 11.0 Å². The van der Waals surface area contributed by atoms with Gasteiger partial charge in [-0.15, -0.1) is 0 Å². The third kappa shape index (κ3) is 5.92. The average molecular weight is 306 g/mol. The van der Waals surface area contributed by atoms with Gasteiger partial charge < -0.3 is 9.15 Å². The number of aryl methyl sites for hydroxylation is 1. The van der Waals surface area contributed by atoms with Crippen LogP contribution in [0.1, 0.15) is 59.9 Å². The standard InChI is InChI=1S/C15H18O3.2C2H6/c1-4-5-11(3)17-15-9-13(16)12-8-10(2)6-7-14(12)18-15;2*1-2/h6-9,11H,4-5H2,1-3H3;2*1-2H3. The molecule has 22 heavy (non-hydrogen) atoms. The maximum Gasteiger partial charge on any atom is 0.288 e. The van der Waals surface area contributed by atoms with E-state index in [9.17, 15) is 4.79 Å². The van der Waals surface area contributed by atoms with E-state index in [1.807, 2.05) is 59.7 Å². The minimum absolute atomic E-state index is 0.0565. The van der Waals surface area contributed by atoms with E-state index in [2.05, 4.69) is 6.92 Å². The van der Waals surface area contributed by atoms with E-state index in [4.69, 9.17) is 9.15 Å². The first kappa shape index (κ1) is 20.2. The minimum atomic E-state index is -0.0568. The number of rotatable bonds is 4. The van der Waals surface area contributed by atoms with Crippen molar-refractivity contribution in [2.75, 3.05) is 0 Å². The molecule has 1 aromatic carbocycles. The third-order valence-electron chi connectivity index (χ3n) is 2.87. The molecule has 0 aliphatic carbocycles. The van der Waals surface area contributed by atoms with Crippen LogP contribution < -0.4 is 10.2 Å². The monoisotopic (exact) mass is 306 g/mol. The van der Waals surface area contributed by atoms with Gasteiger partial charge in [0.15, 0.2) is 5.43 Å². The number of hydrogen-bond donors (Lipinski definition) is 0. The van der Waals surface area contributed by atoms with Crippen LogP contribution in [0.2, 0.25) is 0 Å². The van der Waals surface area contributed by atoms with Crippen molar-refractivity contribution in [1.29, 1.82) is 0 Å². The van der Waals surface area contributed by atoms with Crippen LogP contribution in [0, 0.1) is 6.92 Å². The van der Waals surface area contributed by atoms with Crippen LogP contribution in [-0.2, 0) is 0 Å². The largest absolute Gasteiger partial charge is 0.462 e. The maximum absolute atomic E-state index is 12.0. The molecule has 0 saturated heterocycles. The highest BCUT2D eigenvalue weighted by Crippen LogP contribution is 2.20. The highest BCUT2D eigenvalue weighted by Gasteiger charge is 2.09. The van der Waals surface area contributed by atoms with Crippen molar-refractivity contribution in [3.05, 3.63) is 40.1 Å². The first-order valence-corrected chi connectivity index (χ1v) is 8.31. The number of hydrogen-bond acceptors (Lipinski definition) is 3. The fourth-order valence-electron chi connectivity index (χ4n) is 1.97. The summed E-state index contributed by atoms with van der Waals surface area (Å²) in [6.45, 7) is 14.0. The number of ether oxygens (including phenoxy) is 1. The van der Waals surface area contributed by atoms with Crippen LogP contribution in [0.3, 0.4) is 0 Å². The molecule has 1 aromatic heterocycles. The molecule has 2 aromatic rings. The molecule has 0 bridgehead atoms. The first-order valence-electron chi connectivity index (χ1n) is 8.31. The van der Waals surface area contributed by atoms with E-state index in [0.717, 1.165) is 18.4 Å². The van der Waals surface area contributed by atoms with Crippen molar-refractivity contribution in [2.45, 2.75) is 67.4 Å². The van der Waals surface area contributed by atoms with Crippen LogP contribution in [0.15, 0.2) is 33.5 Å². The first-order chi connectivity index (χ1) is 10.6. The summed E-state index contributed by atoms with van der Waals surface area (Å²) >= 11 is 0. The van der Waals surface area contributed by atoms with Gasteiger partial charge in [-0.1, -0.05) is 52.7 Å². The van der Waals surface area contributed by atoms with Crippen LogP contribution in [0.5, 0.6) is 5.95 Å². The van der Waals surface area contributed by atoms with Gasteiger partial charge in [-0.2, -0.15) is 0 Å². The Morgan fingerprint density at radius 1 is 1.14 bits per heavy atom. The highest BCUT2D eigenvalue weighted by molar-refractivity contribution is 5.77. The van der Waals surface area contributed by atoms with Gasteiger partial charge >= 0.3 is 0 Å². The summed E-state index contributed by atoms with van der Waals surface area (Å²) < 4.78 is 11.2. The number of benzene rings is 1. The van der Waals surface area contributed by atoms with E-state index >= 15 is 0 Å². The van der Waals surface area contributed by atoms with Crippen molar-refractivity contribution in [3.63, 3.8) is 0 Å². The zero-order valence-corrected chi connectivity index (χ0v) is 15.0. The molecule has 0 N–H and O–H groups in total. The number of fused-ring (bicyclic) bond motifs is 1. The summed E-state index contributed by atoms with van der Waals surface area (Å²) in [5.74, 6) is 0.303. The van der Waals surface area contributed by atoms with Crippen molar-refractivity contribution >= 4 is 11.0 Å². The molecule has 1 heterocycles. The van der Waals surface area contributed by atoms with Crippen LogP contribution in [0.4, 0.5) is 0 Å². The average Bonchev–Trinajstić information content (AvgIpc) is 2.52. The molecular weight excluding hydrogens is 276 g/mol. The lowest BCUT2D eigenvalue weighted by Crippen LogP contribution is -2.12. The lowest BCUT2D eigenvalue weighted by molar-refractivity contribution is 0.164. The van der Waals surface area contributed by atoms with Crippen molar-refractivity contribution in [1.82, 2.24) is 0 Å². The second-order valence-electron chi connectivity index (χ2n) is 4.65. The summed E-state index contributed by atoms with van der Waals surface area (Å²) in [6.07, 6.45) is 2.04. The van der Waals surface area contributed by atoms with Gasteiger partial charge in [0.2, 0.25) is 0 Å². The maximum atomic E-state index is 12.0. The van der Waals surface area contributed by atoms with Gasteiger partial charge in [0.1, 0.15) is 5.58 Å². The predicted molar refractivity (Wildman–Crippen MR) is 94.9 cm³/mol. The van der Waals surface area contributed by atoms with Crippen molar-refractivity contribution < 1.29 is 9.15 Å². The van der Waals surface area contributed by atoms with Crippen molar-refractivity contribution in [3.8, 4) is 5.95 Å². The van der Waals surface area contributed by atoms with Crippen LogP contribution >= 0.6 is 0 Å². The lowest BCUT2D eigenvalue weighted by atomic mass is 10.1. The summed E-state index contributed by atoms with van der Waals surface area (Å²) in [7, 11) is 0. The zero-order chi connectivity index (χ0) is 17.1. The topological polar surface area (TPSA) is 39.4 Å². The Balaban J connectivity index is 0.00000102. The van der Waals surface area contributed by atoms with E-state index in [1.165, 1.54) is 6.07 Å². The van der Waals surface area contributed by atoms with E-state index in [-0.39, 0.29) is 11.5 Å². The normalized spacial score (nSPS) is 10.9. The predicted octanol–water partition coefficient (Wildman–Crippen LogP) is 5.72. The van der Waals surface area contributed by atoms with Gasteiger partial charge in [0.25, 0.3) is 5.95 Å². The zero-order valence-electron chi connectivity index (χ0n) is 15.0. The SMILES string of the molecule is CC.CC.CCCC(C)Oc1cc(=O)c2cc(C)ccc2o1. The summed E-state index contributed by atoms with van der Waals surface area (Å²) in [5, 5.41) is 0.602. The smallest absolute Gasteiger partial charge is 0.288 e. The molecule has 0 radical (unpaired) electrons. The molecule has 3 nitrogen and oxygen atoms in total. The van der Waals surface area contributed by atoms with Gasteiger partial charge in [-0.25, -0.2) is 0 Å². The molecule has 0 amide bonds. The van der Waals surface area contributed by atoms with E-state index in [0.29, 0.717) is 16.9 Å². The molecular formula is C19H30O3. The summed E-state index contributed by atoms with van der Waals surface area (Å²) in [5.41, 5.74) is 1.56. The fourth-order valence-corrected chi connectivity index (χ4v) is 1.97. The van der Waals surface area contributed by atoms with Gasteiger partial charge in [0.05, 0.1) is 17.6 Å². The minimum Gasteiger partial charge on any atom is -0.462 e. The third-order valence-corrected chi connectivity index (χ3v) is 2.87. The second kappa shape index (κ2) is 10.9. The molecule has 0 fully saturated rings. The fraction of sp³-hybridized carbons (Fsp3) is 0.526. The Hall–Kier alpha value is -1.77.